The van der Waals surface area contributed by atoms with Crippen molar-refractivity contribution in [3.63, 3.8) is 0 Å². The Labute approximate surface area is 328 Å². The van der Waals surface area contributed by atoms with Crippen molar-refractivity contribution >= 4 is 35.0 Å². The van der Waals surface area contributed by atoms with E-state index in [1.165, 1.54) is 7.11 Å². The summed E-state index contributed by atoms with van der Waals surface area (Å²) in [6.45, 7) is 14.5. The number of alkyl carbamates (subject to hydrolysis) is 2. The zero-order valence-electron chi connectivity index (χ0n) is 33.6. The molecule has 298 valence electrons. The fraction of sp³-hybridized carbons (Fsp3) is 0.476. The Morgan fingerprint density at radius 3 is 2.27 bits per heavy atom. The number of fused-ring (bicyclic) bond motifs is 1. The molecular formula is C42H54N8O6. The molecule has 1 aliphatic heterocycles. The number of carbonyl (C=O) groups excluding carboxylic acids is 4. The van der Waals surface area contributed by atoms with Gasteiger partial charge in [-0.05, 0) is 75.3 Å². The molecule has 56 heavy (non-hydrogen) atoms. The monoisotopic (exact) mass is 766 g/mol. The Morgan fingerprint density at radius 2 is 1.61 bits per heavy atom. The van der Waals surface area contributed by atoms with Gasteiger partial charge in [0.25, 0.3) is 0 Å². The molecule has 4 N–H and O–H groups in total. The van der Waals surface area contributed by atoms with Gasteiger partial charge < -0.3 is 39.9 Å². The zero-order valence-corrected chi connectivity index (χ0v) is 33.6. The SMILES string of the molecule is CCCN(C(=O)[C@@H](NC(=O)OCC)C(C)C)C(C)c1nc2cc(C#Cc3ccc(-c4c[nH]c([C@@H]5CCCN5C(=O)[C@@H](NC(=O)OC)C(C)C)n4)cc3)ccc2[nH]1. The largest absolute Gasteiger partial charge is 0.453 e. The normalized spacial score (nSPS) is 15.5. The summed E-state index contributed by atoms with van der Waals surface area (Å²) in [4.78, 5) is 71.3. The van der Waals surface area contributed by atoms with Crippen LogP contribution >= 0.6 is 0 Å². The number of carbonyl (C=O) groups is 4. The van der Waals surface area contributed by atoms with Crippen LogP contribution in [0.2, 0.25) is 0 Å². The third-order valence-corrected chi connectivity index (χ3v) is 9.97. The molecular weight excluding hydrogens is 713 g/mol. The van der Waals surface area contributed by atoms with Gasteiger partial charge in [-0.3, -0.25) is 9.59 Å². The maximum absolute atomic E-state index is 13.7. The lowest BCUT2D eigenvalue weighted by atomic mass is 10.0. The Bertz CT molecular complexity index is 2060. The molecule has 2 aromatic carbocycles. The van der Waals surface area contributed by atoms with Crippen LogP contribution in [0.1, 0.15) is 103 Å². The number of rotatable bonds is 13. The molecule has 1 unspecified atom stereocenters. The molecule has 4 atom stereocenters. The van der Waals surface area contributed by atoms with Crippen LogP contribution in [0.25, 0.3) is 22.3 Å². The molecule has 0 spiro atoms. The highest BCUT2D eigenvalue weighted by molar-refractivity contribution is 5.87. The minimum atomic E-state index is -0.734. The summed E-state index contributed by atoms with van der Waals surface area (Å²) in [5, 5.41) is 5.42. The summed E-state index contributed by atoms with van der Waals surface area (Å²) in [5.74, 6) is 7.24. The first-order valence-corrected chi connectivity index (χ1v) is 19.4. The van der Waals surface area contributed by atoms with Gasteiger partial charge in [-0.1, -0.05) is 58.6 Å². The van der Waals surface area contributed by atoms with Gasteiger partial charge in [-0.15, -0.1) is 0 Å². The van der Waals surface area contributed by atoms with E-state index in [-0.39, 0.29) is 42.3 Å². The minimum Gasteiger partial charge on any atom is -0.453 e. The fourth-order valence-electron chi connectivity index (χ4n) is 6.89. The molecule has 1 aliphatic rings. The topological polar surface area (TPSA) is 175 Å². The zero-order chi connectivity index (χ0) is 40.5. The third-order valence-electron chi connectivity index (χ3n) is 9.97. The van der Waals surface area contributed by atoms with E-state index in [0.29, 0.717) is 24.7 Å². The van der Waals surface area contributed by atoms with E-state index in [2.05, 4.69) is 32.4 Å². The molecule has 1 saturated heterocycles. The van der Waals surface area contributed by atoms with Gasteiger partial charge in [-0.2, -0.15) is 0 Å². The van der Waals surface area contributed by atoms with Crippen molar-refractivity contribution in [1.82, 2.24) is 40.4 Å². The van der Waals surface area contributed by atoms with E-state index in [1.807, 2.05) is 90.2 Å². The lowest BCUT2D eigenvalue weighted by molar-refractivity contribution is -0.137. The van der Waals surface area contributed by atoms with Crippen LogP contribution in [-0.2, 0) is 19.1 Å². The highest BCUT2D eigenvalue weighted by atomic mass is 16.5. The Balaban J connectivity index is 1.27. The second-order valence-electron chi connectivity index (χ2n) is 14.7. The lowest BCUT2D eigenvalue weighted by Crippen LogP contribution is -2.52. The summed E-state index contributed by atoms with van der Waals surface area (Å²) in [7, 11) is 1.28. The predicted molar refractivity (Wildman–Crippen MR) is 213 cm³/mol. The minimum absolute atomic E-state index is 0.112. The van der Waals surface area contributed by atoms with Gasteiger partial charge in [0.15, 0.2) is 0 Å². The number of aromatic nitrogens is 4. The molecule has 14 nitrogen and oxygen atoms in total. The molecule has 2 aromatic heterocycles. The van der Waals surface area contributed by atoms with Crippen molar-refractivity contribution in [3.05, 3.63) is 71.4 Å². The number of nitrogens with zero attached hydrogens (tertiary/aromatic N) is 4. The van der Waals surface area contributed by atoms with Crippen molar-refractivity contribution in [2.45, 2.75) is 91.9 Å². The van der Waals surface area contributed by atoms with Crippen molar-refractivity contribution in [3.8, 4) is 23.1 Å². The fourth-order valence-corrected chi connectivity index (χ4v) is 6.89. The van der Waals surface area contributed by atoms with Gasteiger partial charge >= 0.3 is 12.2 Å². The molecule has 0 aliphatic carbocycles. The maximum atomic E-state index is 13.7. The van der Waals surface area contributed by atoms with E-state index < -0.39 is 24.3 Å². The van der Waals surface area contributed by atoms with Crippen LogP contribution in [-0.4, -0.2) is 92.6 Å². The maximum Gasteiger partial charge on any atom is 0.407 e. The number of methoxy groups -OCH3 is 1. The van der Waals surface area contributed by atoms with E-state index in [0.717, 1.165) is 52.7 Å². The van der Waals surface area contributed by atoms with E-state index >= 15 is 0 Å². The molecule has 5 rings (SSSR count). The number of hydrogen-bond donors (Lipinski definition) is 4. The molecule has 3 heterocycles. The molecule has 0 bridgehead atoms. The Kier molecular flexibility index (Phi) is 13.8. The summed E-state index contributed by atoms with van der Waals surface area (Å²) in [6, 6.07) is 11.6. The van der Waals surface area contributed by atoms with Crippen LogP contribution in [0.4, 0.5) is 9.59 Å². The van der Waals surface area contributed by atoms with Crippen LogP contribution in [0, 0.1) is 23.7 Å². The van der Waals surface area contributed by atoms with Gasteiger partial charge in [0.2, 0.25) is 11.8 Å². The van der Waals surface area contributed by atoms with Gasteiger partial charge in [-0.25, -0.2) is 19.6 Å². The quantitative estimate of drug-likeness (QED) is 0.112. The second-order valence-corrected chi connectivity index (χ2v) is 14.7. The van der Waals surface area contributed by atoms with Crippen LogP contribution in [0.3, 0.4) is 0 Å². The Morgan fingerprint density at radius 1 is 0.929 bits per heavy atom. The molecule has 4 aromatic rings. The molecule has 1 fully saturated rings. The van der Waals surface area contributed by atoms with E-state index in [9.17, 15) is 19.2 Å². The van der Waals surface area contributed by atoms with Crippen molar-refractivity contribution < 1.29 is 28.7 Å². The summed E-state index contributed by atoms with van der Waals surface area (Å²) >= 11 is 0. The van der Waals surface area contributed by atoms with Crippen molar-refractivity contribution in [2.75, 3.05) is 26.8 Å². The average molecular weight is 767 g/mol. The average Bonchev–Trinajstić information content (AvgIpc) is 3.96. The number of ether oxygens (including phenoxy) is 2. The first-order chi connectivity index (χ1) is 26.8. The van der Waals surface area contributed by atoms with E-state index in [4.69, 9.17) is 19.4 Å². The highest BCUT2D eigenvalue weighted by Crippen LogP contribution is 2.33. The standard InChI is InChI=1S/C42H54N8O6/c1-9-21-49(39(51)35(25(3)4)48-42(54)56-10-2)27(7)37-44-31-20-17-29(23-32(31)45-37)14-13-28-15-18-30(19-16-28)33-24-43-38(46-33)34-12-11-22-50(34)40(52)36(26(5)6)47-41(53)55-8/h15-20,23-27,34-36H,9-12,21-22H2,1-8H3,(H,43,46)(H,44,45)(H,47,53)(H,48,54)/t27?,34-,35-,36-/m0/s1. The lowest BCUT2D eigenvalue weighted by Gasteiger charge is -2.33. The smallest absolute Gasteiger partial charge is 0.407 e. The summed E-state index contributed by atoms with van der Waals surface area (Å²) in [6.07, 6.45) is 2.95. The molecule has 0 saturated carbocycles. The van der Waals surface area contributed by atoms with Gasteiger partial charge in [0.1, 0.15) is 23.7 Å². The molecule has 14 heteroatoms. The number of imidazole rings is 2. The van der Waals surface area contributed by atoms with Gasteiger partial charge in [0.05, 0.1) is 42.5 Å². The number of likely N-dealkylation sites (tertiary alicyclic amines) is 1. The number of aromatic amines is 2. The number of benzene rings is 2. The number of amides is 4. The van der Waals surface area contributed by atoms with E-state index in [1.54, 1.807) is 16.7 Å². The molecule has 0 radical (unpaired) electrons. The van der Waals surface area contributed by atoms with Crippen molar-refractivity contribution in [1.29, 1.82) is 0 Å². The van der Waals surface area contributed by atoms with Crippen LogP contribution in [0.5, 0.6) is 0 Å². The summed E-state index contributed by atoms with van der Waals surface area (Å²) in [5.41, 5.74) is 4.86. The van der Waals surface area contributed by atoms with Crippen molar-refractivity contribution in [2.24, 2.45) is 11.8 Å². The number of H-pyrrole nitrogens is 2. The third kappa shape index (κ3) is 9.69. The summed E-state index contributed by atoms with van der Waals surface area (Å²) < 4.78 is 9.80. The van der Waals surface area contributed by atoms with Crippen LogP contribution in [0.15, 0.2) is 48.7 Å². The molecule has 4 amide bonds. The Hall–Kier alpha value is -5.84. The predicted octanol–water partition coefficient (Wildman–Crippen LogP) is 6.47. The highest BCUT2D eigenvalue weighted by Gasteiger charge is 2.38. The number of nitrogens with one attached hydrogen (secondary N) is 4. The van der Waals surface area contributed by atoms with Gasteiger partial charge in [0, 0.05) is 36.0 Å². The second kappa shape index (κ2) is 18.7. The first-order valence-electron chi connectivity index (χ1n) is 19.4. The van der Waals surface area contributed by atoms with Crippen LogP contribution < -0.4 is 10.6 Å². The first kappa shape index (κ1) is 41.3. The number of hydrogen-bond acceptors (Lipinski definition) is 8.